The Morgan fingerprint density at radius 2 is 2.12 bits per heavy atom. The van der Waals surface area contributed by atoms with Crippen LogP contribution in [-0.2, 0) is 17.6 Å². The fourth-order valence-electron chi connectivity index (χ4n) is 1.31. The van der Waals surface area contributed by atoms with E-state index in [1.165, 1.54) is 0 Å². The first-order chi connectivity index (χ1) is 8.04. The minimum absolute atomic E-state index is 0.0994. The highest BCUT2D eigenvalue weighted by molar-refractivity contribution is 7.13. The Labute approximate surface area is 102 Å². The highest BCUT2D eigenvalue weighted by Crippen LogP contribution is 2.19. The smallest absolute Gasteiger partial charge is 0.347 e. The van der Waals surface area contributed by atoms with Crippen molar-refractivity contribution in [2.45, 2.75) is 19.8 Å². The van der Waals surface area contributed by atoms with E-state index in [0.717, 1.165) is 16.3 Å². The molecule has 0 saturated carbocycles. The Bertz CT molecular complexity index is 416. The summed E-state index contributed by atoms with van der Waals surface area (Å²) in [5.41, 5.74) is 0.593. The monoisotopic (exact) mass is 258 g/mol. The average molecular weight is 258 g/mol. The molecule has 0 saturated heterocycles. The van der Waals surface area contributed by atoms with Crippen LogP contribution in [0.5, 0.6) is 0 Å². The van der Waals surface area contributed by atoms with Crippen LogP contribution in [0.25, 0.3) is 0 Å². The van der Waals surface area contributed by atoms with Gasteiger partial charge in [-0.25, -0.2) is 9.78 Å². The number of aliphatic carboxylic acids is 1. The molecular weight excluding hydrogens is 244 g/mol. The Morgan fingerprint density at radius 1 is 1.41 bits per heavy atom. The lowest BCUT2D eigenvalue weighted by molar-refractivity contribution is -0.135. The average Bonchev–Trinajstić information content (AvgIpc) is 2.67. The summed E-state index contributed by atoms with van der Waals surface area (Å²) in [6.45, 7) is 2.23. The fourth-order valence-corrected chi connectivity index (χ4v) is 2.30. The van der Waals surface area contributed by atoms with Gasteiger partial charge in [0.2, 0.25) is 0 Å². The largest absolute Gasteiger partial charge is 0.480 e. The van der Waals surface area contributed by atoms with Gasteiger partial charge in [0.1, 0.15) is 4.88 Å². The summed E-state index contributed by atoms with van der Waals surface area (Å²) in [5, 5.41) is 20.8. The quantitative estimate of drug-likeness (QED) is 0.620. The fraction of sp³-hybridized carbons (Fsp3) is 0.500. The molecule has 7 heteroatoms. The molecule has 0 aliphatic heterocycles. The van der Waals surface area contributed by atoms with Gasteiger partial charge in [-0.1, -0.05) is 6.92 Å². The first kappa shape index (κ1) is 13.6. The molecule has 94 valence electrons. The van der Waals surface area contributed by atoms with E-state index < -0.39 is 11.9 Å². The van der Waals surface area contributed by atoms with Crippen LogP contribution in [0.4, 0.5) is 0 Å². The van der Waals surface area contributed by atoms with Crippen LogP contribution in [0.3, 0.4) is 0 Å². The van der Waals surface area contributed by atoms with Crippen LogP contribution >= 0.6 is 11.3 Å². The van der Waals surface area contributed by atoms with E-state index in [4.69, 9.17) is 10.2 Å². The van der Waals surface area contributed by atoms with Gasteiger partial charge in [0.15, 0.2) is 0 Å². The summed E-state index contributed by atoms with van der Waals surface area (Å²) in [5.74, 6) is -1.87. The third kappa shape index (κ3) is 4.12. The number of rotatable bonds is 7. The molecular formula is C10H14N2O4S. The highest BCUT2D eigenvalue weighted by atomic mass is 32.1. The van der Waals surface area contributed by atoms with Gasteiger partial charge in [-0.3, -0.25) is 4.79 Å². The second kappa shape index (κ2) is 6.31. The maximum absolute atomic E-state index is 10.9. The topological polar surface area (TPSA) is 99.5 Å². The molecule has 0 aliphatic rings. The lowest BCUT2D eigenvalue weighted by Crippen LogP contribution is -2.24. The van der Waals surface area contributed by atoms with E-state index in [-0.39, 0.29) is 11.4 Å². The number of aromatic nitrogens is 1. The van der Waals surface area contributed by atoms with Gasteiger partial charge in [-0.2, -0.15) is 0 Å². The van der Waals surface area contributed by atoms with Crippen LogP contribution in [0, 0.1) is 0 Å². The Hall–Kier alpha value is -1.47. The zero-order valence-electron chi connectivity index (χ0n) is 9.39. The van der Waals surface area contributed by atoms with Crippen molar-refractivity contribution < 1.29 is 19.8 Å². The van der Waals surface area contributed by atoms with Crippen molar-refractivity contribution in [1.29, 1.82) is 0 Å². The van der Waals surface area contributed by atoms with E-state index in [2.05, 4.69) is 10.3 Å². The molecule has 0 unspecified atom stereocenters. The van der Waals surface area contributed by atoms with Gasteiger partial charge in [-0.05, 0) is 6.42 Å². The third-order valence-corrected chi connectivity index (χ3v) is 3.21. The summed E-state index contributed by atoms with van der Waals surface area (Å²) in [4.78, 5) is 25.6. The van der Waals surface area contributed by atoms with Gasteiger partial charge in [0.25, 0.3) is 0 Å². The van der Waals surface area contributed by atoms with Gasteiger partial charge >= 0.3 is 11.9 Å². The zero-order chi connectivity index (χ0) is 12.8. The molecule has 0 fully saturated rings. The third-order valence-electron chi connectivity index (χ3n) is 2.06. The molecule has 0 atom stereocenters. The molecule has 0 aliphatic carbocycles. The molecule has 1 rings (SSSR count). The second-order valence-electron chi connectivity index (χ2n) is 3.36. The van der Waals surface area contributed by atoms with Crippen molar-refractivity contribution in [2.75, 3.05) is 13.1 Å². The van der Waals surface area contributed by atoms with Crippen molar-refractivity contribution in [2.24, 2.45) is 0 Å². The van der Waals surface area contributed by atoms with E-state index in [0.29, 0.717) is 25.1 Å². The van der Waals surface area contributed by atoms with E-state index in [1.54, 1.807) is 0 Å². The van der Waals surface area contributed by atoms with Crippen molar-refractivity contribution in [1.82, 2.24) is 10.3 Å². The number of aryl methyl sites for hydroxylation is 1. The van der Waals surface area contributed by atoms with Crippen molar-refractivity contribution in [3.8, 4) is 0 Å². The Kier molecular flexibility index (Phi) is 5.05. The molecule has 0 bridgehead atoms. The Balaban J connectivity index is 2.54. The maximum Gasteiger partial charge on any atom is 0.347 e. The predicted molar refractivity (Wildman–Crippen MR) is 62.7 cm³/mol. The van der Waals surface area contributed by atoms with E-state index >= 15 is 0 Å². The molecule has 1 aromatic heterocycles. The first-order valence-corrected chi connectivity index (χ1v) is 6.00. The summed E-state index contributed by atoms with van der Waals surface area (Å²) in [6, 6.07) is 0. The number of nitrogens with one attached hydrogen (secondary N) is 1. The lowest BCUT2D eigenvalue weighted by atomic mass is 10.3. The van der Waals surface area contributed by atoms with Crippen LogP contribution in [0.2, 0.25) is 0 Å². The van der Waals surface area contributed by atoms with E-state index in [1.807, 2.05) is 6.92 Å². The van der Waals surface area contributed by atoms with E-state index in [9.17, 15) is 9.59 Å². The molecule has 17 heavy (non-hydrogen) atoms. The van der Waals surface area contributed by atoms with Crippen LogP contribution in [0.15, 0.2) is 0 Å². The summed E-state index contributed by atoms with van der Waals surface area (Å²) >= 11 is 1.15. The second-order valence-corrected chi connectivity index (χ2v) is 4.45. The minimum atomic E-state index is -0.955. The van der Waals surface area contributed by atoms with Crippen LogP contribution in [-0.4, -0.2) is 40.2 Å². The summed E-state index contributed by atoms with van der Waals surface area (Å²) < 4.78 is 0. The van der Waals surface area contributed by atoms with Gasteiger partial charge < -0.3 is 15.5 Å². The van der Waals surface area contributed by atoms with Gasteiger partial charge in [0, 0.05) is 13.0 Å². The number of carbonyl (C=O) groups is 2. The molecule has 3 N–H and O–H groups in total. The van der Waals surface area contributed by atoms with Crippen molar-refractivity contribution >= 4 is 23.3 Å². The number of thiazole rings is 1. The Morgan fingerprint density at radius 3 is 2.59 bits per heavy atom. The molecule has 6 nitrogen and oxygen atoms in total. The maximum atomic E-state index is 10.9. The lowest BCUT2D eigenvalue weighted by Gasteiger charge is -1.97. The SMILES string of the molecule is CCc1nc(CCNCC(=O)O)sc1C(=O)O. The van der Waals surface area contributed by atoms with Crippen LogP contribution < -0.4 is 5.32 Å². The number of hydrogen-bond acceptors (Lipinski definition) is 5. The molecule has 0 radical (unpaired) electrons. The summed E-state index contributed by atoms with van der Waals surface area (Å²) in [7, 11) is 0. The predicted octanol–water partition coefficient (Wildman–Crippen LogP) is 0.620. The molecule has 1 aromatic rings. The van der Waals surface area contributed by atoms with Gasteiger partial charge in [0.05, 0.1) is 17.2 Å². The summed E-state index contributed by atoms with van der Waals surface area (Å²) in [6.07, 6.45) is 1.12. The molecule has 0 aromatic carbocycles. The number of aromatic carboxylic acids is 1. The zero-order valence-corrected chi connectivity index (χ0v) is 10.2. The number of carboxylic acid groups (broad SMARTS) is 2. The standard InChI is InChI=1S/C10H14N2O4S/c1-2-6-9(10(15)16)17-7(12-6)3-4-11-5-8(13)14/h11H,2-5H2,1H3,(H,13,14)(H,15,16). The van der Waals surface area contributed by atoms with Crippen molar-refractivity contribution in [3.63, 3.8) is 0 Å². The number of nitrogens with zero attached hydrogens (tertiary/aromatic N) is 1. The number of hydrogen-bond donors (Lipinski definition) is 3. The molecule has 0 spiro atoms. The van der Waals surface area contributed by atoms with Crippen molar-refractivity contribution in [3.05, 3.63) is 15.6 Å². The molecule has 1 heterocycles. The minimum Gasteiger partial charge on any atom is -0.480 e. The van der Waals surface area contributed by atoms with Crippen LogP contribution in [0.1, 0.15) is 27.3 Å². The number of carboxylic acids is 2. The normalized spacial score (nSPS) is 10.4. The highest BCUT2D eigenvalue weighted by Gasteiger charge is 2.15. The molecule has 0 amide bonds. The first-order valence-electron chi connectivity index (χ1n) is 5.19. The van der Waals surface area contributed by atoms with Gasteiger partial charge in [-0.15, -0.1) is 11.3 Å².